The van der Waals surface area contributed by atoms with Gasteiger partial charge in [-0.3, -0.25) is 19.6 Å². The Morgan fingerprint density at radius 3 is 2.82 bits per heavy atom. The molecule has 0 saturated heterocycles. The first kappa shape index (κ1) is 17.5. The summed E-state index contributed by atoms with van der Waals surface area (Å²) in [6.45, 7) is 1.78. The first-order chi connectivity index (χ1) is 13.6. The Morgan fingerprint density at radius 1 is 1.25 bits per heavy atom. The number of rotatable bonds is 5. The molecule has 3 heterocycles. The van der Waals surface area contributed by atoms with E-state index in [1.807, 2.05) is 6.07 Å². The maximum absolute atomic E-state index is 13.1. The van der Waals surface area contributed by atoms with E-state index in [9.17, 15) is 9.59 Å². The lowest BCUT2D eigenvalue weighted by atomic mass is 10.2. The van der Waals surface area contributed by atoms with Crippen molar-refractivity contribution in [3.63, 3.8) is 0 Å². The molecule has 0 atom stereocenters. The van der Waals surface area contributed by atoms with E-state index in [1.165, 1.54) is 28.9 Å². The Morgan fingerprint density at radius 2 is 2.07 bits per heavy atom. The number of H-pyrrole nitrogens is 1. The predicted molar refractivity (Wildman–Crippen MR) is 101 cm³/mol. The van der Waals surface area contributed by atoms with Crippen LogP contribution < -0.4 is 15.2 Å². The molecule has 0 saturated carbocycles. The van der Waals surface area contributed by atoms with Crippen LogP contribution in [0.1, 0.15) is 22.1 Å². The van der Waals surface area contributed by atoms with Gasteiger partial charge in [0.05, 0.1) is 25.6 Å². The molecular formula is C19H17N5O4. The maximum Gasteiger partial charge on any atom is 0.294 e. The van der Waals surface area contributed by atoms with Gasteiger partial charge >= 0.3 is 0 Å². The number of ether oxygens (including phenoxy) is 1. The highest BCUT2D eigenvalue weighted by atomic mass is 16.5. The SMILES string of the molecule is COc1ccccc1N(Cc1nc2nc(C)cc(=O)n2[nH]1)C(=O)c1ccco1. The van der Waals surface area contributed by atoms with Gasteiger partial charge in [0, 0.05) is 11.8 Å². The van der Waals surface area contributed by atoms with Gasteiger partial charge in [-0.1, -0.05) is 12.1 Å². The minimum absolute atomic E-state index is 0.0573. The van der Waals surface area contributed by atoms with E-state index >= 15 is 0 Å². The molecule has 3 aromatic heterocycles. The lowest BCUT2D eigenvalue weighted by Crippen LogP contribution is -2.31. The summed E-state index contributed by atoms with van der Waals surface area (Å²) in [4.78, 5) is 35.2. The molecule has 0 aliphatic carbocycles. The van der Waals surface area contributed by atoms with Gasteiger partial charge in [0.25, 0.3) is 17.2 Å². The maximum atomic E-state index is 13.1. The van der Waals surface area contributed by atoms with Crippen molar-refractivity contribution in [1.29, 1.82) is 0 Å². The van der Waals surface area contributed by atoms with Crippen LogP contribution in [0.2, 0.25) is 0 Å². The van der Waals surface area contributed by atoms with Crippen LogP contribution in [0.15, 0.2) is 57.9 Å². The van der Waals surface area contributed by atoms with E-state index in [1.54, 1.807) is 37.3 Å². The number of nitrogens with zero attached hydrogens (tertiary/aromatic N) is 4. The largest absolute Gasteiger partial charge is 0.495 e. The molecule has 0 fully saturated rings. The average Bonchev–Trinajstić information content (AvgIpc) is 3.35. The Hall–Kier alpha value is -3.88. The van der Waals surface area contributed by atoms with Gasteiger partial charge in [-0.05, 0) is 31.2 Å². The van der Waals surface area contributed by atoms with Crippen molar-refractivity contribution in [2.45, 2.75) is 13.5 Å². The summed E-state index contributed by atoms with van der Waals surface area (Å²) < 4.78 is 11.9. The number of aryl methyl sites for hydroxylation is 1. The molecule has 0 spiro atoms. The number of aromatic nitrogens is 4. The summed E-state index contributed by atoms with van der Waals surface area (Å²) in [5, 5.41) is 2.89. The monoisotopic (exact) mass is 379 g/mol. The molecule has 0 unspecified atom stereocenters. The summed E-state index contributed by atoms with van der Waals surface area (Å²) in [6, 6.07) is 11.8. The number of nitrogens with one attached hydrogen (secondary N) is 1. The minimum Gasteiger partial charge on any atom is -0.495 e. The van der Waals surface area contributed by atoms with Crippen LogP contribution in [0, 0.1) is 6.92 Å². The van der Waals surface area contributed by atoms with Crippen molar-refractivity contribution < 1.29 is 13.9 Å². The van der Waals surface area contributed by atoms with Crippen LogP contribution in [-0.2, 0) is 6.54 Å². The number of carbonyl (C=O) groups excluding carboxylic acids is 1. The molecule has 9 nitrogen and oxygen atoms in total. The van der Waals surface area contributed by atoms with Gasteiger partial charge in [-0.2, -0.15) is 9.50 Å². The smallest absolute Gasteiger partial charge is 0.294 e. The fraction of sp³-hybridized carbons (Fsp3) is 0.158. The average molecular weight is 379 g/mol. The highest BCUT2D eigenvalue weighted by Crippen LogP contribution is 2.30. The molecule has 0 radical (unpaired) electrons. The molecule has 1 N–H and O–H groups in total. The molecule has 0 bridgehead atoms. The second kappa shape index (κ2) is 7.03. The highest BCUT2D eigenvalue weighted by molar-refractivity contribution is 6.04. The van der Waals surface area contributed by atoms with E-state index in [0.29, 0.717) is 23.0 Å². The third-order valence-corrected chi connectivity index (χ3v) is 4.17. The van der Waals surface area contributed by atoms with Gasteiger partial charge < -0.3 is 9.15 Å². The van der Waals surface area contributed by atoms with Crippen LogP contribution in [0.4, 0.5) is 5.69 Å². The normalized spacial score (nSPS) is 10.9. The van der Waals surface area contributed by atoms with Crippen molar-refractivity contribution in [2.75, 3.05) is 12.0 Å². The van der Waals surface area contributed by atoms with Crippen molar-refractivity contribution >= 4 is 17.4 Å². The number of anilines is 1. The van der Waals surface area contributed by atoms with E-state index in [0.717, 1.165) is 0 Å². The second-order valence-electron chi connectivity index (χ2n) is 6.08. The summed E-state index contributed by atoms with van der Waals surface area (Å²) in [5.41, 5.74) is 0.835. The minimum atomic E-state index is -0.369. The number of para-hydroxylation sites is 2. The summed E-state index contributed by atoms with van der Waals surface area (Å²) >= 11 is 0. The molecular weight excluding hydrogens is 362 g/mol. The quantitative estimate of drug-likeness (QED) is 0.570. The standard InChI is InChI=1S/C19H17N5O4/c1-12-10-17(25)24-19(20-12)21-16(22-24)11-23(18(26)15-8-5-9-28-15)13-6-3-4-7-14(13)27-2/h3-10H,11H2,1-2H3,(H,20,21,22). The topological polar surface area (TPSA) is 106 Å². The van der Waals surface area contributed by atoms with E-state index < -0.39 is 0 Å². The van der Waals surface area contributed by atoms with Crippen molar-refractivity contribution in [3.8, 4) is 5.75 Å². The van der Waals surface area contributed by atoms with E-state index in [2.05, 4.69) is 15.1 Å². The summed E-state index contributed by atoms with van der Waals surface area (Å²) in [7, 11) is 1.53. The Labute approximate surface area is 159 Å². The third-order valence-electron chi connectivity index (χ3n) is 4.17. The van der Waals surface area contributed by atoms with E-state index in [-0.39, 0.29) is 29.5 Å². The Balaban J connectivity index is 1.79. The number of furan rings is 1. The first-order valence-electron chi connectivity index (χ1n) is 8.50. The number of fused-ring (bicyclic) bond motifs is 1. The number of amides is 1. The molecule has 0 aliphatic heterocycles. The van der Waals surface area contributed by atoms with Crippen molar-refractivity contribution in [1.82, 2.24) is 19.6 Å². The predicted octanol–water partition coefficient (Wildman–Crippen LogP) is 2.17. The zero-order valence-electron chi connectivity index (χ0n) is 15.2. The number of aromatic amines is 1. The molecule has 142 valence electrons. The first-order valence-corrected chi connectivity index (χ1v) is 8.50. The number of methoxy groups -OCH3 is 1. The van der Waals surface area contributed by atoms with Crippen LogP contribution in [0.5, 0.6) is 5.75 Å². The van der Waals surface area contributed by atoms with Crippen LogP contribution in [0.25, 0.3) is 5.78 Å². The van der Waals surface area contributed by atoms with E-state index in [4.69, 9.17) is 9.15 Å². The highest BCUT2D eigenvalue weighted by Gasteiger charge is 2.24. The molecule has 1 aromatic carbocycles. The molecule has 0 aliphatic rings. The third kappa shape index (κ3) is 3.13. The number of hydrogen-bond donors (Lipinski definition) is 1. The molecule has 9 heteroatoms. The molecule has 4 aromatic rings. The lowest BCUT2D eigenvalue weighted by Gasteiger charge is -2.22. The fourth-order valence-corrected chi connectivity index (χ4v) is 2.91. The summed E-state index contributed by atoms with van der Waals surface area (Å²) in [6.07, 6.45) is 1.43. The Bertz CT molecular complexity index is 1190. The van der Waals surface area contributed by atoms with Crippen LogP contribution in [-0.4, -0.2) is 32.6 Å². The van der Waals surface area contributed by atoms with Crippen molar-refractivity contribution in [3.05, 3.63) is 76.4 Å². The molecule has 28 heavy (non-hydrogen) atoms. The van der Waals surface area contributed by atoms with Gasteiger partial charge in [-0.25, -0.2) is 4.98 Å². The lowest BCUT2D eigenvalue weighted by molar-refractivity contribution is 0.0957. The number of carbonyl (C=O) groups is 1. The van der Waals surface area contributed by atoms with Gasteiger partial charge in [-0.15, -0.1) is 0 Å². The fourth-order valence-electron chi connectivity index (χ4n) is 2.91. The number of hydrogen-bond acceptors (Lipinski definition) is 6. The number of benzene rings is 1. The Kier molecular flexibility index (Phi) is 4.40. The van der Waals surface area contributed by atoms with Crippen LogP contribution >= 0.6 is 0 Å². The zero-order valence-corrected chi connectivity index (χ0v) is 15.2. The van der Waals surface area contributed by atoms with Gasteiger partial charge in [0.1, 0.15) is 11.6 Å². The second-order valence-corrected chi connectivity index (χ2v) is 6.08. The molecule has 4 rings (SSSR count). The van der Waals surface area contributed by atoms with Crippen LogP contribution in [0.3, 0.4) is 0 Å². The summed E-state index contributed by atoms with van der Waals surface area (Å²) in [5.74, 6) is 0.954. The van der Waals surface area contributed by atoms with Gasteiger partial charge in [0.15, 0.2) is 5.76 Å². The van der Waals surface area contributed by atoms with Crippen molar-refractivity contribution in [2.24, 2.45) is 0 Å². The van der Waals surface area contributed by atoms with Gasteiger partial charge in [0.2, 0.25) is 0 Å². The zero-order chi connectivity index (χ0) is 19.7. The molecule has 1 amide bonds.